The lowest BCUT2D eigenvalue weighted by atomic mass is 9.94. The lowest BCUT2D eigenvalue weighted by molar-refractivity contribution is -0.154. The van der Waals surface area contributed by atoms with E-state index < -0.39 is 29.9 Å². The van der Waals surface area contributed by atoms with Gasteiger partial charge in [0, 0.05) is 24.4 Å². The van der Waals surface area contributed by atoms with Gasteiger partial charge in [-0.05, 0) is 48.4 Å². The highest BCUT2D eigenvalue weighted by molar-refractivity contribution is 5.96. The van der Waals surface area contributed by atoms with E-state index >= 15 is 0 Å². The smallest absolute Gasteiger partial charge is 0.309 e. The summed E-state index contributed by atoms with van der Waals surface area (Å²) in [4.78, 5) is 49.6. The van der Waals surface area contributed by atoms with Crippen molar-refractivity contribution in [3.8, 4) is 0 Å². The minimum atomic E-state index is -1.05. The molecule has 1 aliphatic rings. The third-order valence-corrected chi connectivity index (χ3v) is 4.94. The van der Waals surface area contributed by atoms with E-state index in [1.807, 2.05) is 30.3 Å². The fourth-order valence-corrected chi connectivity index (χ4v) is 3.33. The van der Waals surface area contributed by atoms with Gasteiger partial charge in [0.1, 0.15) is 0 Å². The van der Waals surface area contributed by atoms with Crippen LogP contribution in [0.2, 0.25) is 0 Å². The molecular formula is C23H23N3O5. The molecule has 0 aromatic heterocycles. The Kier molecular flexibility index (Phi) is 6.49. The Morgan fingerprint density at radius 2 is 1.77 bits per heavy atom. The molecular weight excluding hydrogens is 398 g/mol. The average molecular weight is 421 g/mol. The van der Waals surface area contributed by atoms with Crippen LogP contribution in [0, 0.1) is 0 Å². The summed E-state index contributed by atoms with van der Waals surface area (Å²) in [5.74, 6) is -1.90. The van der Waals surface area contributed by atoms with Crippen molar-refractivity contribution in [2.24, 2.45) is 5.73 Å². The Hall–Kier alpha value is -3.94. The fourth-order valence-electron chi connectivity index (χ4n) is 3.33. The number of rotatable bonds is 6. The molecule has 8 nitrogen and oxygen atoms in total. The first-order valence-electron chi connectivity index (χ1n) is 9.72. The van der Waals surface area contributed by atoms with Crippen LogP contribution in [0.25, 0.3) is 6.08 Å². The summed E-state index contributed by atoms with van der Waals surface area (Å²) in [6, 6.07) is 13.0. The summed E-state index contributed by atoms with van der Waals surface area (Å²) in [6.45, 7) is 2.89. The Bertz CT molecular complexity index is 1050. The number of hydrogen-bond donors (Lipinski definition) is 2. The van der Waals surface area contributed by atoms with E-state index in [0.29, 0.717) is 11.3 Å². The van der Waals surface area contributed by atoms with Crippen molar-refractivity contribution >= 4 is 35.5 Å². The van der Waals surface area contributed by atoms with E-state index in [0.717, 1.165) is 11.1 Å². The topological polar surface area (TPSA) is 119 Å². The molecule has 3 amide bonds. The number of nitrogens with one attached hydrogen (secondary N) is 1. The van der Waals surface area contributed by atoms with Gasteiger partial charge >= 0.3 is 5.97 Å². The van der Waals surface area contributed by atoms with Crippen LogP contribution in [-0.4, -0.2) is 34.7 Å². The molecule has 0 spiro atoms. The zero-order chi connectivity index (χ0) is 22.5. The highest BCUT2D eigenvalue weighted by atomic mass is 16.5. The van der Waals surface area contributed by atoms with Crippen LogP contribution in [0.1, 0.15) is 47.8 Å². The summed E-state index contributed by atoms with van der Waals surface area (Å²) in [6.07, 6.45) is 2.32. The van der Waals surface area contributed by atoms with Gasteiger partial charge in [-0.2, -0.15) is 0 Å². The van der Waals surface area contributed by atoms with E-state index in [9.17, 15) is 19.2 Å². The van der Waals surface area contributed by atoms with E-state index in [1.54, 1.807) is 6.20 Å². The van der Waals surface area contributed by atoms with Crippen LogP contribution < -0.4 is 11.1 Å². The molecule has 2 atom stereocenters. The number of esters is 1. The first-order chi connectivity index (χ1) is 14.8. The van der Waals surface area contributed by atoms with Gasteiger partial charge < -0.3 is 20.7 Å². The summed E-state index contributed by atoms with van der Waals surface area (Å²) in [5.41, 5.74) is 7.70. The number of benzene rings is 2. The molecule has 8 heteroatoms. The maximum absolute atomic E-state index is 12.6. The maximum Gasteiger partial charge on any atom is 0.309 e. The van der Waals surface area contributed by atoms with Crippen LogP contribution in [0.5, 0.6) is 0 Å². The van der Waals surface area contributed by atoms with Crippen LogP contribution >= 0.6 is 0 Å². The van der Waals surface area contributed by atoms with E-state index in [1.165, 1.54) is 43.0 Å². The van der Waals surface area contributed by atoms with Crippen molar-refractivity contribution in [3.05, 3.63) is 71.4 Å². The molecule has 2 aromatic rings. The van der Waals surface area contributed by atoms with Gasteiger partial charge in [0.25, 0.3) is 5.91 Å². The molecule has 3 N–H and O–H groups in total. The Balaban J connectivity index is 1.63. The molecule has 160 valence electrons. The number of amides is 3. The van der Waals surface area contributed by atoms with Crippen molar-refractivity contribution in [1.82, 2.24) is 4.90 Å². The van der Waals surface area contributed by atoms with Crippen molar-refractivity contribution in [2.45, 2.75) is 32.4 Å². The maximum atomic E-state index is 12.6. The minimum absolute atomic E-state index is 0.0914. The van der Waals surface area contributed by atoms with Crippen LogP contribution in [0.4, 0.5) is 5.69 Å². The van der Waals surface area contributed by atoms with Crippen LogP contribution in [0.15, 0.2) is 54.7 Å². The lowest BCUT2D eigenvalue weighted by Gasteiger charge is -2.32. The SMILES string of the molecule is CC(=O)N1C=Cc2ccccc2[C@H]1CC(=O)O[C@@H](C)C(=O)Nc1ccc(C(N)=O)cc1. The number of nitrogens with two attached hydrogens (primary N) is 1. The Morgan fingerprint density at radius 3 is 2.42 bits per heavy atom. The van der Waals surface area contributed by atoms with Gasteiger partial charge in [-0.25, -0.2) is 0 Å². The van der Waals surface area contributed by atoms with Gasteiger partial charge in [0.15, 0.2) is 6.10 Å². The monoisotopic (exact) mass is 421 g/mol. The second kappa shape index (κ2) is 9.25. The predicted octanol–water partition coefficient (Wildman–Crippen LogP) is 2.62. The summed E-state index contributed by atoms with van der Waals surface area (Å²) < 4.78 is 5.31. The summed E-state index contributed by atoms with van der Waals surface area (Å²) >= 11 is 0. The van der Waals surface area contributed by atoms with E-state index in [4.69, 9.17) is 10.5 Å². The molecule has 0 unspecified atom stereocenters. The summed E-state index contributed by atoms with van der Waals surface area (Å²) in [5, 5.41) is 2.62. The largest absolute Gasteiger partial charge is 0.452 e. The van der Waals surface area contributed by atoms with E-state index in [2.05, 4.69) is 5.32 Å². The van der Waals surface area contributed by atoms with Crippen LogP contribution in [0.3, 0.4) is 0 Å². The number of fused-ring (bicyclic) bond motifs is 1. The van der Waals surface area contributed by atoms with Gasteiger partial charge in [0.2, 0.25) is 11.8 Å². The molecule has 2 aromatic carbocycles. The zero-order valence-corrected chi connectivity index (χ0v) is 17.2. The second-order valence-electron chi connectivity index (χ2n) is 7.15. The highest BCUT2D eigenvalue weighted by Gasteiger charge is 2.30. The first kappa shape index (κ1) is 21.8. The Labute approximate surface area is 179 Å². The van der Waals surface area contributed by atoms with Gasteiger partial charge in [-0.1, -0.05) is 24.3 Å². The number of carbonyl (C=O) groups excluding carboxylic acids is 4. The van der Waals surface area contributed by atoms with E-state index in [-0.39, 0.29) is 12.3 Å². The average Bonchev–Trinajstić information content (AvgIpc) is 2.74. The minimum Gasteiger partial charge on any atom is -0.452 e. The molecule has 0 aliphatic carbocycles. The number of primary amides is 1. The van der Waals surface area contributed by atoms with Crippen molar-refractivity contribution in [1.29, 1.82) is 0 Å². The van der Waals surface area contributed by atoms with Gasteiger partial charge in [-0.15, -0.1) is 0 Å². The van der Waals surface area contributed by atoms with Gasteiger partial charge in [-0.3, -0.25) is 19.2 Å². The number of carbonyl (C=O) groups is 4. The number of ether oxygens (including phenoxy) is 1. The third kappa shape index (κ3) is 5.16. The molecule has 0 bridgehead atoms. The Morgan fingerprint density at radius 1 is 1.10 bits per heavy atom. The second-order valence-corrected chi connectivity index (χ2v) is 7.15. The fraction of sp³-hybridized carbons (Fsp3) is 0.217. The number of hydrogen-bond acceptors (Lipinski definition) is 5. The molecule has 0 saturated heterocycles. The van der Waals surface area contributed by atoms with Crippen molar-refractivity contribution in [2.75, 3.05) is 5.32 Å². The molecule has 1 aliphatic heterocycles. The standard InChI is InChI=1S/C23H23N3O5/c1-14(23(30)25-18-9-7-17(8-10-18)22(24)29)31-21(28)13-20-19-6-4-3-5-16(19)11-12-26(20)15(2)27/h3-12,14,20H,13H2,1-2H3,(H2,24,29)(H,25,30)/t14-,20+/m0/s1. The molecule has 3 rings (SSSR count). The molecule has 1 heterocycles. The van der Waals surface area contributed by atoms with Crippen molar-refractivity contribution in [3.63, 3.8) is 0 Å². The molecule has 31 heavy (non-hydrogen) atoms. The third-order valence-electron chi connectivity index (χ3n) is 4.94. The van der Waals surface area contributed by atoms with Gasteiger partial charge in [0.05, 0.1) is 12.5 Å². The van der Waals surface area contributed by atoms with Crippen molar-refractivity contribution < 1.29 is 23.9 Å². The number of anilines is 1. The van der Waals surface area contributed by atoms with Crippen LogP contribution in [-0.2, 0) is 19.1 Å². The normalized spacial score (nSPS) is 15.5. The lowest BCUT2D eigenvalue weighted by Crippen LogP contribution is -2.35. The molecule has 0 fully saturated rings. The zero-order valence-electron chi connectivity index (χ0n) is 17.2. The molecule has 0 saturated carbocycles. The number of nitrogens with zero attached hydrogens (tertiary/aromatic N) is 1. The predicted molar refractivity (Wildman–Crippen MR) is 114 cm³/mol. The highest BCUT2D eigenvalue weighted by Crippen LogP contribution is 2.33. The quantitative estimate of drug-likeness (QED) is 0.695. The molecule has 0 radical (unpaired) electrons. The summed E-state index contributed by atoms with van der Waals surface area (Å²) in [7, 11) is 0. The first-order valence-corrected chi connectivity index (χ1v) is 9.72.